The first-order chi connectivity index (χ1) is 11.1. The monoisotopic (exact) mass is 321 g/mol. The third-order valence-electron chi connectivity index (χ3n) is 4.64. The molecule has 1 heterocycles. The normalized spacial score (nSPS) is 28.7. The molecule has 126 valence electrons. The minimum absolute atomic E-state index is 0.183. The van der Waals surface area contributed by atoms with E-state index in [1.54, 1.807) is 6.92 Å². The number of nitriles is 1. The molecule has 0 radical (unpaired) electrons. The summed E-state index contributed by atoms with van der Waals surface area (Å²) in [5.74, 6) is 0.245. The van der Waals surface area contributed by atoms with Gasteiger partial charge in [0.2, 0.25) is 0 Å². The molecule has 0 N–H and O–H groups in total. The van der Waals surface area contributed by atoms with Crippen LogP contribution in [0, 0.1) is 23.2 Å². The van der Waals surface area contributed by atoms with Gasteiger partial charge >= 0.3 is 12.1 Å². The maximum atomic E-state index is 12.2. The highest BCUT2D eigenvalue weighted by Crippen LogP contribution is 2.38. The van der Waals surface area contributed by atoms with Gasteiger partial charge in [-0.3, -0.25) is 9.89 Å². The average molecular weight is 321 g/mol. The van der Waals surface area contributed by atoms with Crippen LogP contribution in [0.25, 0.3) is 0 Å². The lowest BCUT2D eigenvalue weighted by Gasteiger charge is -2.44. The highest BCUT2D eigenvalue weighted by atomic mass is 16.6. The zero-order chi connectivity index (χ0) is 16.8. The number of rotatable bonds is 3. The Morgan fingerprint density at radius 1 is 1.43 bits per heavy atom. The lowest BCUT2D eigenvalue weighted by atomic mass is 9.72. The maximum Gasteiger partial charge on any atom is 0.410 e. The van der Waals surface area contributed by atoms with Gasteiger partial charge in [-0.15, -0.1) is 0 Å². The van der Waals surface area contributed by atoms with Gasteiger partial charge in [0.15, 0.2) is 0 Å². The van der Waals surface area contributed by atoms with Gasteiger partial charge in [0.1, 0.15) is 12.6 Å². The first kappa shape index (κ1) is 17.3. The molecule has 1 amide bonds. The van der Waals surface area contributed by atoms with Crippen molar-refractivity contribution in [2.75, 3.05) is 26.8 Å². The lowest BCUT2D eigenvalue weighted by molar-refractivity contribution is -0.151. The molecule has 0 aromatic heterocycles. The molecule has 2 aliphatic rings. The largest absolute Gasteiger partial charge is 0.464 e. The van der Waals surface area contributed by atoms with Gasteiger partial charge < -0.3 is 9.47 Å². The molecule has 1 aliphatic heterocycles. The fourth-order valence-electron chi connectivity index (χ4n) is 3.54. The van der Waals surface area contributed by atoms with E-state index < -0.39 is 12.1 Å². The smallest absolute Gasteiger partial charge is 0.410 e. The molecule has 0 aromatic rings. The van der Waals surface area contributed by atoms with Crippen LogP contribution in [0.2, 0.25) is 0 Å². The Bertz CT molecular complexity index is 526. The molecule has 7 nitrogen and oxygen atoms in total. The first-order valence-corrected chi connectivity index (χ1v) is 8.01. The van der Waals surface area contributed by atoms with Gasteiger partial charge in [-0.25, -0.2) is 9.59 Å². The number of carbonyl (C=O) groups is 2. The minimum atomic E-state index is -0.598. The van der Waals surface area contributed by atoms with E-state index >= 15 is 0 Å². The lowest BCUT2D eigenvalue weighted by Crippen LogP contribution is -2.55. The minimum Gasteiger partial charge on any atom is -0.464 e. The zero-order valence-electron chi connectivity index (χ0n) is 13.7. The van der Waals surface area contributed by atoms with Crippen molar-refractivity contribution < 1.29 is 19.1 Å². The van der Waals surface area contributed by atoms with Crippen LogP contribution in [0.1, 0.15) is 32.6 Å². The fourth-order valence-corrected chi connectivity index (χ4v) is 3.54. The van der Waals surface area contributed by atoms with Crippen molar-refractivity contribution in [3.8, 4) is 6.07 Å². The molecule has 0 spiro atoms. The van der Waals surface area contributed by atoms with Crippen LogP contribution in [-0.2, 0) is 14.3 Å². The molecular formula is C16H23N3O4. The van der Waals surface area contributed by atoms with Crippen molar-refractivity contribution in [1.82, 2.24) is 4.90 Å². The molecule has 23 heavy (non-hydrogen) atoms. The second-order valence-corrected chi connectivity index (χ2v) is 5.93. The van der Waals surface area contributed by atoms with Crippen molar-refractivity contribution in [2.45, 2.75) is 38.6 Å². The van der Waals surface area contributed by atoms with Gasteiger partial charge in [0.05, 0.1) is 19.8 Å². The topological polar surface area (TPSA) is 92.0 Å². The second-order valence-electron chi connectivity index (χ2n) is 5.93. The summed E-state index contributed by atoms with van der Waals surface area (Å²) in [4.78, 5) is 30.0. The summed E-state index contributed by atoms with van der Waals surface area (Å²) in [7, 11) is 1.32. The number of carbonyl (C=O) groups excluding carboxylic acids is 2. The van der Waals surface area contributed by atoms with Crippen molar-refractivity contribution in [3.63, 3.8) is 0 Å². The number of methoxy groups -OCH3 is 1. The summed E-state index contributed by atoms with van der Waals surface area (Å²) in [6, 6.07) is 1.43. The van der Waals surface area contributed by atoms with Gasteiger partial charge in [-0.05, 0) is 44.4 Å². The Balaban J connectivity index is 2.13. The third kappa shape index (κ3) is 4.01. The quantitative estimate of drug-likeness (QED) is 0.583. The molecule has 3 atom stereocenters. The zero-order valence-corrected chi connectivity index (χ0v) is 13.7. The van der Waals surface area contributed by atoms with Crippen LogP contribution in [0.15, 0.2) is 4.99 Å². The molecule has 1 aliphatic carbocycles. The Morgan fingerprint density at radius 2 is 2.22 bits per heavy atom. The van der Waals surface area contributed by atoms with E-state index in [9.17, 15) is 9.59 Å². The first-order valence-electron chi connectivity index (χ1n) is 8.01. The summed E-state index contributed by atoms with van der Waals surface area (Å²) in [6.45, 7) is 2.72. The molecule has 0 unspecified atom stereocenters. The van der Waals surface area contributed by atoms with E-state index in [-0.39, 0.29) is 25.0 Å². The van der Waals surface area contributed by atoms with E-state index in [0.29, 0.717) is 18.9 Å². The number of hydrogen-bond acceptors (Lipinski definition) is 6. The van der Waals surface area contributed by atoms with E-state index in [2.05, 4.69) is 4.99 Å². The number of amides is 1. The maximum absolute atomic E-state index is 12.2. The molecule has 0 bridgehead atoms. The number of ether oxygens (including phenoxy) is 2. The van der Waals surface area contributed by atoms with Gasteiger partial charge in [-0.1, -0.05) is 0 Å². The number of fused-ring (bicyclic) bond motifs is 1. The summed E-state index contributed by atoms with van der Waals surface area (Å²) in [6.07, 6.45) is 2.63. The van der Waals surface area contributed by atoms with Crippen LogP contribution in [0.3, 0.4) is 0 Å². The van der Waals surface area contributed by atoms with Crippen LogP contribution < -0.4 is 0 Å². The number of aliphatic imine (C=N–C) groups is 1. The molecule has 0 aromatic carbocycles. The predicted molar refractivity (Wildman–Crippen MR) is 82.9 cm³/mol. The third-order valence-corrected chi connectivity index (χ3v) is 4.64. The van der Waals surface area contributed by atoms with Gasteiger partial charge in [-0.2, -0.15) is 5.26 Å². The standard InChI is InChI=1S/C16H23N3O4/c1-3-23-15(20)14-9-12-8-13(18-7-6-17)5-4-11(12)10-19(14)16(21)22-2/h11-12,14H,3-5,7-10H2,1-2H3/t11-,12+,14-/m0/s1. The summed E-state index contributed by atoms with van der Waals surface area (Å²) >= 11 is 0. The van der Waals surface area contributed by atoms with Crippen molar-refractivity contribution in [2.24, 2.45) is 16.8 Å². The molecule has 1 saturated heterocycles. The van der Waals surface area contributed by atoms with E-state index in [4.69, 9.17) is 14.7 Å². The van der Waals surface area contributed by atoms with Crippen LogP contribution in [0.4, 0.5) is 4.79 Å². The van der Waals surface area contributed by atoms with E-state index in [1.165, 1.54) is 12.0 Å². The van der Waals surface area contributed by atoms with E-state index in [1.807, 2.05) is 6.07 Å². The molecule has 2 rings (SSSR count). The second kappa shape index (κ2) is 7.95. The number of nitrogens with zero attached hydrogens (tertiary/aromatic N) is 3. The Hall–Kier alpha value is -2.10. The summed E-state index contributed by atoms with van der Waals surface area (Å²) in [5, 5.41) is 8.65. The molecule has 2 fully saturated rings. The Morgan fingerprint density at radius 3 is 2.87 bits per heavy atom. The van der Waals surface area contributed by atoms with Crippen LogP contribution >= 0.6 is 0 Å². The predicted octanol–water partition coefficient (Wildman–Crippen LogP) is 1.77. The highest BCUT2D eigenvalue weighted by molar-refractivity contribution is 5.86. The number of likely N-dealkylation sites (tertiary alicyclic amines) is 1. The molecule has 7 heteroatoms. The Kier molecular flexibility index (Phi) is 5.97. The summed E-state index contributed by atoms with van der Waals surface area (Å²) in [5.41, 5.74) is 1.04. The molecular weight excluding hydrogens is 298 g/mol. The molecule has 1 saturated carbocycles. The van der Waals surface area contributed by atoms with Crippen molar-refractivity contribution >= 4 is 17.8 Å². The highest BCUT2D eigenvalue weighted by Gasteiger charge is 2.44. The van der Waals surface area contributed by atoms with Crippen LogP contribution in [0.5, 0.6) is 0 Å². The Labute approximate surface area is 136 Å². The number of hydrogen-bond donors (Lipinski definition) is 0. The fraction of sp³-hybridized carbons (Fsp3) is 0.750. The van der Waals surface area contributed by atoms with Crippen molar-refractivity contribution in [1.29, 1.82) is 5.26 Å². The van der Waals surface area contributed by atoms with Gasteiger partial charge in [0, 0.05) is 12.3 Å². The van der Waals surface area contributed by atoms with Crippen LogP contribution in [-0.4, -0.2) is 55.5 Å². The number of piperidine rings is 1. The van der Waals surface area contributed by atoms with Crippen molar-refractivity contribution in [3.05, 3.63) is 0 Å². The average Bonchev–Trinajstić information content (AvgIpc) is 2.58. The number of esters is 1. The van der Waals surface area contributed by atoms with E-state index in [0.717, 1.165) is 25.0 Å². The van der Waals surface area contributed by atoms with Gasteiger partial charge in [0.25, 0.3) is 0 Å². The SMILES string of the molecule is CCOC(=O)[C@@H]1C[C@H]2CC(=NCC#N)CC[C@H]2CN1C(=O)OC. The summed E-state index contributed by atoms with van der Waals surface area (Å²) < 4.78 is 9.94.